The Bertz CT molecular complexity index is 1550. The molecule has 0 amide bonds. The predicted molar refractivity (Wildman–Crippen MR) is 154 cm³/mol. The van der Waals surface area contributed by atoms with Crippen molar-refractivity contribution >= 4 is 33.5 Å². The van der Waals surface area contributed by atoms with Crippen LogP contribution in [0.3, 0.4) is 0 Å². The van der Waals surface area contributed by atoms with Crippen LogP contribution in [0.5, 0.6) is 0 Å². The zero-order valence-corrected chi connectivity index (χ0v) is 23.7. The number of anilines is 1. The van der Waals surface area contributed by atoms with Gasteiger partial charge in [-0.2, -0.15) is 4.31 Å². The van der Waals surface area contributed by atoms with E-state index in [-0.39, 0.29) is 0 Å². The number of aliphatic carboxylic acids is 1. The molecule has 10 heteroatoms. The maximum Gasteiger partial charge on any atom is 0.307 e. The number of nitrogens with zero attached hydrogens (tertiary/aromatic N) is 5. The molecule has 0 saturated heterocycles. The minimum atomic E-state index is -3.23. The van der Waals surface area contributed by atoms with Crippen molar-refractivity contribution in [3.63, 3.8) is 0 Å². The average molecular weight is 550 g/mol. The average Bonchev–Trinajstić information content (AvgIpc) is 3.26. The van der Waals surface area contributed by atoms with E-state index in [0.29, 0.717) is 24.5 Å². The molecule has 2 unspecified atom stereocenters. The Morgan fingerprint density at radius 1 is 1.05 bits per heavy atom. The Hall–Kier alpha value is -3.44. The van der Waals surface area contributed by atoms with Crippen molar-refractivity contribution in [1.82, 2.24) is 19.3 Å². The van der Waals surface area contributed by atoms with E-state index in [1.807, 2.05) is 81.4 Å². The number of benzene rings is 3. The fourth-order valence-electron chi connectivity index (χ4n) is 5.53. The SMILES string of the molecule is Cc1ccc(C(c2ccc3c(nnn3C)c2C)C(C)C(=O)O)cc1CN1CCN(C)c2ccccc2S1(O)O. The van der Waals surface area contributed by atoms with Gasteiger partial charge < -0.3 is 10.0 Å². The Kier molecular flexibility index (Phi) is 7.15. The van der Waals surface area contributed by atoms with Crippen molar-refractivity contribution in [2.45, 2.75) is 38.1 Å². The second kappa shape index (κ2) is 10.3. The van der Waals surface area contributed by atoms with Gasteiger partial charge >= 0.3 is 5.97 Å². The van der Waals surface area contributed by atoms with Crippen molar-refractivity contribution in [3.05, 3.63) is 82.4 Å². The van der Waals surface area contributed by atoms with Gasteiger partial charge in [0.1, 0.15) is 5.52 Å². The lowest BCUT2D eigenvalue weighted by Crippen LogP contribution is -2.31. The van der Waals surface area contributed by atoms with E-state index in [9.17, 15) is 19.0 Å². The first kappa shape index (κ1) is 27.1. The molecule has 0 spiro atoms. The summed E-state index contributed by atoms with van der Waals surface area (Å²) >= 11 is 0. The van der Waals surface area contributed by atoms with Gasteiger partial charge in [-0.3, -0.25) is 13.9 Å². The minimum absolute atomic E-state index is 0.320. The second-order valence-corrected chi connectivity index (χ2v) is 12.4. The van der Waals surface area contributed by atoms with E-state index in [1.54, 1.807) is 22.0 Å². The van der Waals surface area contributed by atoms with Crippen LogP contribution >= 0.6 is 10.8 Å². The van der Waals surface area contributed by atoms with E-state index in [4.69, 9.17) is 0 Å². The summed E-state index contributed by atoms with van der Waals surface area (Å²) in [5.41, 5.74) is 7.05. The summed E-state index contributed by atoms with van der Waals surface area (Å²) in [6.07, 6.45) is 0. The number of carboxylic acid groups (broad SMARTS) is 1. The fourth-order valence-corrected chi connectivity index (χ4v) is 7.23. The standard InChI is InChI=1S/C29H35N5O4S/c1-18-10-11-21(27(20(3)29(35)36)23-12-13-25-28(19(23)2)30-31-33(25)5)16-22(18)17-34-15-14-32(4)24-8-6-7-9-26(24)39(34,37)38/h6-13,16,20,27,37-38H,14-15,17H2,1-5H3,(H,35,36). The first-order valence-corrected chi connectivity index (χ1v) is 14.5. The molecule has 1 aromatic heterocycles. The van der Waals surface area contributed by atoms with Gasteiger partial charge in [0.15, 0.2) is 0 Å². The fraction of sp³-hybridized carbons (Fsp3) is 0.345. The number of hydrogen-bond donors (Lipinski definition) is 3. The number of rotatable bonds is 6. The summed E-state index contributed by atoms with van der Waals surface area (Å²) in [7, 11) is 0.560. The highest BCUT2D eigenvalue weighted by Gasteiger charge is 2.33. The molecule has 1 aliphatic rings. The van der Waals surface area contributed by atoms with Crippen LogP contribution in [-0.2, 0) is 18.4 Å². The van der Waals surface area contributed by atoms with Crippen LogP contribution in [0, 0.1) is 19.8 Å². The number of carbonyl (C=O) groups is 1. The normalized spacial score (nSPS) is 17.9. The number of aromatic nitrogens is 3. The molecule has 39 heavy (non-hydrogen) atoms. The van der Waals surface area contributed by atoms with E-state index in [2.05, 4.69) is 10.3 Å². The van der Waals surface area contributed by atoms with Crippen molar-refractivity contribution in [3.8, 4) is 0 Å². The number of likely N-dealkylation sites (N-methyl/N-ethyl adjacent to an activating group) is 1. The van der Waals surface area contributed by atoms with E-state index in [0.717, 1.165) is 44.5 Å². The van der Waals surface area contributed by atoms with Gasteiger partial charge in [0.2, 0.25) is 0 Å². The summed E-state index contributed by atoms with van der Waals surface area (Å²) in [5, 5.41) is 18.5. The van der Waals surface area contributed by atoms with Gasteiger partial charge in [0, 0.05) is 39.6 Å². The van der Waals surface area contributed by atoms with E-state index in [1.165, 1.54) is 0 Å². The molecule has 0 saturated carbocycles. The Balaban J connectivity index is 1.57. The van der Waals surface area contributed by atoms with Crippen molar-refractivity contribution in [1.29, 1.82) is 0 Å². The highest BCUT2D eigenvalue weighted by Crippen LogP contribution is 2.56. The number of aryl methyl sites for hydroxylation is 3. The predicted octanol–water partition coefficient (Wildman–Crippen LogP) is 5.41. The molecule has 206 valence electrons. The first-order chi connectivity index (χ1) is 18.5. The molecule has 0 radical (unpaired) electrons. The summed E-state index contributed by atoms with van der Waals surface area (Å²) in [6.45, 7) is 7.11. The first-order valence-electron chi connectivity index (χ1n) is 12.9. The molecule has 0 bridgehead atoms. The Labute approximate surface area is 230 Å². The van der Waals surface area contributed by atoms with Crippen LogP contribution < -0.4 is 4.90 Å². The summed E-state index contributed by atoms with van der Waals surface area (Å²) in [6, 6.07) is 17.3. The molecule has 0 aliphatic carbocycles. The molecule has 2 atom stereocenters. The van der Waals surface area contributed by atoms with Gasteiger partial charge in [-0.25, -0.2) is 4.68 Å². The largest absolute Gasteiger partial charge is 0.481 e. The van der Waals surface area contributed by atoms with Crippen LogP contribution in [0.4, 0.5) is 5.69 Å². The van der Waals surface area contributed by atoms with Gasteiger partial charge in [-0.05, 0) is 59.9 Å². The van der Waals surface area contributed by atoms with Crippen molar-refractivity contribution in [2.24, 2.45) is 13.0 Å². The van der Waals surface area contributed by atoms with Crippen LogP contribution in [0.1, 0.15) is 40.7 Å². The number of carboxylic acids is 1. The number of fused-ring (bicyclic) bond motifs is 2. The zero-order chi connectivity index (χ0) is 28.1. The van der Waals surface area contributed by atoms with Crippen LogP contribution in [0.25, 0.3) is 11.0 Å². The molecule has 9 nitrogen and oxygen atoms in total. The number of para-hydroxylation sites is 1. The highest BCUT2D eigenvalue weighted by atomic mass is 32.3. The molecular weight excluding hydrogens is 514 g/mol. The molecule has 5 rings (SSSR count). The summed E-state index contributed by atoms with van der Waals surface area (Å²) in [4.78, 5) is 14.9. The Morgan fingerprint density at radius 2 is 1.79 bits per heavy atom. The Morgan fingerprint density at radius 3 is 2.54 bits per heavy atom. The van der Waals surface area contributed by atoms with Crippen molar-refractivity contribution in [2.75, 3.05) is 25.0 Å². The molecule has 1 aliphatic heterocycles. The van der Waals surface area contributed by atoms with Gasteiger partial charge in [0.25, 0.3) is 0 Å². The molecule has 4 aromatic rings. The lowest BCUT2D eigenvalue weighted by molar-refractivity contribution is -0.141. The molecule has 2 heterocycles. The minimum Gasteiger partial charge on any atom is -0.481 e. The van der Waals surface area contributed by atoms with E-state index < -0.39 is 28.6 Å². The maximum absolute atomic E-state index is 12.3. The molecule has 3 N–H and O–H groups in total. The number of hydrogen-bond acceptors (Lipinski definition) is 7. The maximum atomic E-state index is 12.3. The second-order valence-electron chi connectivity index (χ2n) is 10.4. The zero-order valence-electron chi connectivity index (χ0n) is 22.9. The third kappa shape index (κ3) is 4.78. The molecule has 0 fully saturated rings. The topological polar surface area (TPSA) is 115 Å². The third-order valence-electron chi connectivity index (χ3n) is 8.00. The highest BCUT2D eigenvalue weighted by molar-refractivity contribution is 8.22. The lowest BCUT2D eigenvalue weighted by atomic mass is 9.79. The van der Waals surface area contributed by atoms with Crippen molar-refractivity contribution < 1.29 is 19.0 Å². The quantitative estimate of drug-likeness (QED) is 0.292. The molecular formula is C29H35N5O4S. The van der Waals surface area contributed by atoms with Gasteiger partial charge in [-0.15, -0.1) is 15.9 Å². The van der Waals surface area contributed by atoms with Gasteiger partial charge in [-0.1, -0.05) is 48.5 Å². The molecule has 3 aromatic carbocycles. The lowest BCUT2D eigenvalue weighted by Gasteiger charge is -2.42. The monoisotopic (exact) mass is 549 g/mol. The van der Waals surface area contributed by atoms with Gasteiger partial charge in [0.05, 0.1) is 22.0 Å². The van der Waals surface area contributed by atoms with Crippen LogP contribution in [0.2, 0.25) is 0 Å². The summed E-state index contributed by atoms with van der Waals surface area (Å²) < 4.78 is 26.3. The van der Waals surface area contributed by atoms with Crippen LogP contribution in [-0.4, -0.2) is 59.6 Å². The third-order valence-corrected chi connectivity index (χ3v) is 9.97. The smallest absolute Gasteiger partial charge is 0.307 e. The van der Waals surface area contributed by atoms with E-state index >= 15 is 0 Å². The summed E-state index contributed by atoms with van der Waals surface area (Å²) in [5.74, 6) is -2.01. The van der Waals surface area contributed by atoms with Crippen LogP contribution in [0.15, 0.2) is 59.5 Å².